The normalized spacial score (nSPS) is 15.9. The summed E-state index contributed by atoms with van der Waals surface area (Å²) < 4.78 is 57.5. The summed E-state index contributed by atoms with van der Waals surface area (Å²) in [6.45, 7) is 3.46. The summed E-state index contributed by atoms with van der Waals surface area (Å²) >= 11 is 0. The lowest BCUT2D eigenvalue weighted by molar-refractivity contribution is -0.139. The molecule has 1 unspecified atom stereocenters. The van der Waals surface area contributed by atoms with Crippen molar-refractivity contribution in [3.63, 3.8) is 0 Å². The maximum absolute atomic E-state index is 13.0. The van der Waals surface area contributed by atoms with Crippen molar-refractivity contribution < 1.29 is 27.1 Å². The van der Waals surface area contributed by atoms with Crippen LogP contribution in [0.5, 0.6) is 5.75 Å². The summed E-state index contributed by atoms with van der Waals surface area (Å²) in [6.07, 6.45) is -4.63. The van der Waals surface area contributed by atoms with E-state index in [0.29, 0.717) is 44.0 Å². The van der Waals surface area contributed by atoms with Gasteiger partial charge in [-0.1, -0.05) is 13.0 Å². The van der Waals surface area contributed by atoms with Gasteiger partial charge in [-0.05, 0) is 48.9 Å². The van der Waals surface area contributed by atoms with Gasteiger partial charge in [-0.25, -0.2) is 4.39 Å². The Bertz CT molecular complexity index is 831. The SMILES string of the molecule is CCC(Oc1ccc(F)cc1)C(=O)N1CCN(c2cccc(C(F)(F)F)c2)CC1. The third kappa shape index (κ3) is 5.19. The van der Waals surface area contributed by atoms with E-state index in [1.807, 2.05) is 11.8 Å². The number of ether oxygens (including phenoxy) is 1. The second-order valence-electron chi connectivity index (χ2n) is 6.83. The molecule has 2 aromatic rings. The van der Waals surface area contributed by atoms with Crippen molar-refractivity contribution in [2.75, 3.05) is 31.1 Å². The molecule has 8 heteroatoms. The highest BCUT2D eigenvalue weighted by molar-refractivity contribution is 5.81. The fraction of sp³-hybridized carbons (Fsp3) is 0.381. The number of halogens is 4. The van der Waals surface area contributed by atoms with Crippen LogP contribution in [0.4, 0.5) is 23.2 Å². The Balaban J connectivity index is 1.60. The lowest BCUT2D eigenvalue weighted by atomic mass is 10.1. The van der Waals surface area contributed by atoms with E-state index in [1.165, 1.54) is 30.3 Å². The zero-order chi connectivity index (χ0) is 21.0. The Kier molecular flexibility index (Phi) is 6.30. The molecule has 1 aliphatic rings. The number of hydrogen-bond acceptors (Lipinski definition) is 3. The lowest BCUT2D eigenvalue weighted by Crippen LogP contribution is -2.52. The average molecular weight is 410 g/mol. The number of rotatable bonds is 5. The zero-order valence-corrected chi connectivity index (χ0v) is 16.0. The van der Waals surface area contributed by atoms with Crippen LogP contribution in [-0.4, -0.2) is 43.1 Å². The van der Waals surface area contributed by atoms with Crippen LogP contribution >= 0.6 is 0 Å². The quantitative estimate of drug-likeness (QED) is 0.687. The van der Waals surface area contributed by atoms with Crippen LogP contribution in [0.25, 0.3) is 0 Å². The van der Waals surface area contributed by atoms with Crippen molar-refractivity contribution in [3.8, 4) is 5.75 Å². The van der Waals surface area contributed by atoms with Crippen molar-refractivity contribution in [2.24, 2.45) is 0 Å². The van der Waals surface area contributed by atoms with Crippen LogP contribution in [0.2, 0.25) is 0 Å². The van der Waals surface area contributed by atoms with Crippen molar-refractivity contribution in [3.05, 3.63) is 59.9 Å². The van der Waals surface area contributed by atoms with Gasteiger partial charge in [0.15, 0.2) is 6.10 Å². The molecule has 0 spiro atoms. The average Bonchev–Trinajstić information content (AvgIpc) is 2.72. The van der Waals surface area contributed by atoms with E-state index >= 15 is 0 Å². The Hall–Kier alpha value is -2.77. The van der Waals surface area contributed by atoms with Gasteiger partial charge in [-0.3, -0.25) is 4.79 Å². The van der Waals surface area contributed by atoms with Gasteiger partial charge in [0, 0.05) is 31.9 Å². The first-order valence-electron chi connectivity index (χ1n) is 9.41. The minimum atomic E-state index is -4.39. The number of nitrogens with zero attached hydrogens (tertiary/aromatic N) is 2. The molecule has 1 saturated heterocycles. The Morgan fingerprint density at radius 2 is 1.72 bits per heavy atom. The molecule has 1 aliphatic heterocycles. The lowest BCUT2D eigenvalue weighted by Gasteiger charge is -2.37. The number of benzene rings is 2. The molecule has 1 atom stereocenters. The molecule has 0 aromatic heterocycles. The van der Waals surface area contributed by atoms with Crippen molar-refractivity contribution >= 4 is 11.6 Å². The molecule has 2 aromatic carbocycles. The third-order valence-corrected chi connectivity index (χ3v) is 4.87. The highest BCUT2D eigenvalue weighted by Gasteiger charge is 2.32. The summed E-state index contributed by atoms with van der Waals surface area (Å²) in [5, 5.41) is 0. The molecule has 4 nitrogen and oxygen atoms in total. The highest BCUT2D eigenvalue weighted by atomic mass is 19.4. The molecule has 1 heterocycles. The summed E-state index contributed by atoms with van der Waals surface area (Å²) in [5.41, 5.74) is -0.200. The fourth-order valence-corrected chi connectivity index (χ4v) is 3.25. The predicted molar refractivity (Wildman–Crippen MR) is 101 cm³/mol. The molecule has 29 heavy (non-hydrogen) atoms. The van der Waals surface area contributed by atoms with Crippen LogP contribution in [0.15, 0.2) is 48.5 Å². The first-order valence-corrected chi connectivity index (χ1v) is 9.41. The van der Waals surface area contributed by atoms with Gasteiger partial charge < -0.3 is 14.5 Å². The first-order chi connectivity index (χ1) is 13.8. The van der Waals surface area contributed by atoms with Gasteiger partial charge in [-0.2, -0.15) is 13.2 Å². The van der Waals surface area contributed by atoms with Gasteiger partial charge in [-0.15, -0.1) is 0 Å². The van der Waals surface area contributed by atoms with Crippen LogP contribution in [-0.2, 0) is 11.0 Å². The smallest absolute Gasteiger partial charge is 0.416 e. The van der Waals surface area contributed by atoms with E-state index in [-0.39, 0.29) is 11.7 Å². The predicted octanol–water partition coefficient (Wildman–Crippen LogP) is 4.35. The summed E-state index contributed by atoms with van der Waals surface area (Å²) in [6, 6.07) is 10.7. The standard InChI is InChI=1S/C21H22F4N2O2/c1-2-19(29-18-8-6-16(22)7-9-18)20(28)27-12-10-26(11-13-27)17-5-3-4-15(14-17)21(23,24)25/h3-9,14,19H,2,10-13H2,1H3. The van der Waals surface area contributed by atoms with E-state index in [0.717, 1.165) is 12.1 Å². The van der Waals surface area contributed by atoms with Crippen LogP contribution in [0, 0.1) is 5.82 Å². The molecule has 0 radical (unpaired) electrons. The number of carbonyl (C=O) groups is 1. The van der Waals surface area contributed by atoms with Gasteiger partial charge in [0.25, 0.3) is 5.91 Å². The van der Waals surface area contributed by atoms with E-state index < -0.39 is 17.8 Å². The molecule has 3 rings (SSSR count). The second kappa shape index (κ2) is 8.71. The van der Waals surface area contributed by atoms with Crippen LogP contribution < -0.4 is 9.64 Å². The number of piperazine rings is 1. The number of amides is 1. The second-order valence-corrected chi connectivity index (χ2v) is 6.83. The fourth-order valence-electron chi connectivity index (χ4n) is 3.25. The van der Waals surface area contributed by atoms with Crippen LogP contribution in [0.1, 0.15) is 18.9 Å². The molecule has 156 valence electrons. The van der Waals surface area contributed by atoms with Crippen LogP contribution in [0.3, 0.4) is 0 Å². The minimum Gasteiger partial charge on any atom is -0.481 e. The monoisotopic (exact) mass is 410 g/mol. The summed E-state index contributed by atoms with van der Waals surface area (Å²) in [5.74, 6) is -0.155. The maximum Gasteiger partial charge on any atom is 0.416 e. The van der Waals surface area contributed by atoms with Gasteiger partial charge in [0.2, 0.25) is 0 Å². The first kappa shape index (κ1) is 21.0. The van der Waals surface area contributed by atoms with E-state index in [9.17, 15) is 22.4 Å². The highest BCUT2D eigenvalue weighted by Crippen LogP contribution is 2.32. The number of carbonyl (C=O) groups excluding carboxylic acids is 1. The number of hydrogen-bond donors (Lipinski definition) is 0. The Labute approximate surface area is 166 Å². The van der Waals surface area contributed by atoms with Crippen molar-refractivity contribution in [1.82, 2.24) is 4.90 Å². The maximum atomic E-state index is 13.0. The Morgan fingerprint density at radius 1 is 1.07 bits per heavy atom. The zero-order valence-electron chi connectivity index (χ0n) is 16.0. The molecule has 1 amide bonds. The summed E-state index contributed by atoms with van der Waals surface area (Å²) in [4.78, 5) is 16.3. The Morgan fingerprint density at radius 3 is 2.31 bits per heavy atom. The van der Waals surface area contributed by atoms with Gasteiger partial charge in [0.1, 0.15) is 11.6 Å². The molecular weight excluding hydrogens is 388 g/mol. The van der Waals surface area contributed by atoms with Crippen molar-refractivity contribution in [1.29, 1.82) is 0 Å². The minimum absolute atomic E-state index is 0.180. The van der Waals surface area contributed by atoms with E-state index in [1.54, 1.807) is 11.0 Å². The van der Waals surface area contributed by atoms with Gasteiger partial charge in [0.05, 0.1) is 5.56 Å². The van der Waals surface area contributed by atoms with Gasteiger partial charge >= 0.3 is 6.18 Å². The molecule has 0 bridgehead atoms. The van der Waals surface area contributed by atoms with E-state index in [4.69, 9.17) is 4.74 Å². The largest absolute Gasteiger partial charge is 0.481 e. The van der Waals surface area contributed by atoms with Crippen molar-refractivity contribution in [2.45, 2.75) is 25.6 Å². The third-order valence-electron chi connectivity index (χ3n) is 4.87. The topological polar surface area (TPSA) is 32.8 Å². The molecule has 0 saturated carbocycles. The molecular formula is C21H22F4N2O2. The summed E-state index contributed by atoms with van der Waals surface area (Å²) in [7, 11) is 0. The van der Waals surface area contributed by atoms with E-state index in [2.05, 4.69) is 0 Å². The number of anilines is 1. The molecule has 0 N–H and O–H groups in total. The molecule has 0 aliphatic carbocycles. The number of alkyl halides is 3. The molecule has 1 fully saturated rings.